The van der Waals surface area contributed by atoms with Crippen molar-refractivity contribution in [3.8, 4) is 0 Å². The molecule has 0 atom stereocenters. The van der Waals surface area contributed by atoms with Crippen molar-refractivity contribution in [1.82, 2.24) is 14.5 Å². The number of aryl methyl sites for hydroxylation is 2. The predicted molar refractivity (Wildman–Crippen MR) is 100 cm³/mol. The van der Waals surface area contributed by atoms with Crippen LogP contribution in [-0.2, 0) is 13.0 Å². The summed E-state index contributed by atoms with van der Waals surface area (Å²) < 4.78 is 2.00. The van der Waals surface area contributed by atoms with E-state index in [2.05, 4.69) is 11.9 Å². The van der Waals surface area contributed by atoms with E-state index >= 15 is 0 Å². The fourth-order valence-corrected chi connectivity index (χ4v) is 3.70. The van der Waals surface area contributed by atoms with Gasteiger partial charge in [-0.25, -0.2) is 4.98 Å². The highest BCUT2D eigenvalue weighted by Gasteiger charge is 2.32. The molecule has 5 heteroatoms. The SMILES string of the molecule is CCc1ccc2c3c(cccc13)C(=O)N(CCCCn1ccnc1)C2=O. The molecule has 2 heterocycles. The third-order valence-electron chi connectivity index (χ3n) is 5.07. The first kappa shape index (κ1) is 16.5. The van der Waals surface area contributed by atoms with Crippen LogP contribution in [0.3, 0.4) is 0 Å². The van der Waals surface area contributed by atoms with Crippen molar-refractivity contribution in [1.29, 1.82) is 0 Å². The summed E-state index contributed by atoms with van der Waals surface area (Å²) in [5.41, 5.74) is 2.45. The molecule has 0 bridgehead atoms. The van der Waals surface area contributed by atoms with Crippen molar-refractivity contribution >= 4 is 22.6 Å². The molecule has 2 aromatic carbocycles. The molecule has 26 heavy (non-hydrogen) atoms. The lowest BCUT2D eigenvalue weighted by Crippen LogP contribution is -2.41. The summed E-state index contributed by atoms with van der Waals surface area (Å²) in [4.78, 5) is 31.3. The minimum atomic E-state index is -0.177. The predicted octanol–water partition coefficient (Wildman–Crippen LogP) is 3.68. The van der Waals surface area contributed by atoms with Crippen LogP contribution in [0, 0.1) is 0 Å². The van der Waals surface area contributed by atoms with Gasteiger partial charge in [-0.05, 0) is 42.3 Å². The Morgan fingerprint density at radius 2 is 1.73 bits per heavy atom. The topological polar surface area (TPSA) is 55.2 Å². The van der Waals surface area contributed by atoms with Gasteiger partial charge in [0.2, 0.25) is 0 Å². The van der Waals surface area contributed by atoms with E-state index in [1.54, 1.807) is 12.5 Å². The van der Waals surface area contributed by atoms with Gasteiger partial charge in [0.15, 0.2) is 0 Å². The molecule has 0 unspecified atom stereocenters. The molecular weight excluding hydrogens is 326 g/mol. The maximum Gasteiger partial charge on any atom is 0.261 e. The molecule has 0 saturated heterocycles. The molecule has 0 saturated carbocycles. The van der Waals surface area contributed by atoms with Gasteiger partial charge in [0.1, 0.15) is 0 Å². The zero-order valence-electron chi connectivity index (χ0n) is 14.8. The van der Waals surface area contributed by atoms with Crippen LogP contribution in [-0.4, -0.2) is 32.8 Å². The van der Waals surface area contributed by atoms with Gasteiger partial charge in [-0.3, -0.25) is 14.5 Å². The van der Waals surface area contributed by atoms with E-state index in [9.17, 15) is 9.59 Å². The largest absolute Gasteiger partial charge is 0.337 e. The molecule has 132 valence electrons. The van der Waals surface area contributed by atoms with E-state index < -0.39 is 0 Å². The minimum Gasteiger partial charge on any atom is -0.337 e. The number of amides is 2. The number of carbonyl (C=O) groups is 2. The summed E-state index contributed by atoms with van der Waals surface area (Å²) in [6.45, 7) is 3.36. The van der Waals surface area contributed by atoms with Crippen LogP contribution in [0.15, 0.2) is 49.1 Å². The second-order valence-corrected chi connectivity index (χ2v) is 6.62. The first-order valence-electron chi connectivity index (χ1n) is 9.07. The van der Waals surface area contributed by atoms with Crippen molar-refractivity contribution < 1.29 is 9.59 Å². The normalized spacial score (nSPS) is 13.7. The zero-order valence-corrected chi connectivity index (χ0v) is 14.8. The van der Waals surface area contributed by atoms with Gasteiger partial charge in [-0.1, -0.05) is 25.1 Å². The van der Waals surface area contributed by atoms with Crippen molar-refractivity contribution in [3.63, 3.8) is 0 Å². The summed E-state index contributed by atoms with van der Waals surface area (Å²) in [7, 11) is 0. The summed E-state index contributed by atoms with van der Waals surface area (Å²) >= 11 is 0. The molecule has 0 N–H and O–H groups in total. The Morgan fingerprint density at radius 1 is 0.962 bits per heavy atom. The summed E-state index contributed by atoms with van der Waals surface area (Å²) in [5.74, 6) is -0.354. The summed E-state index contributed by atoms with van der Waals surface area (Å²) in [6.07, 6.45) is 7.98. The summed E-state index contributed by atoms with van der Waals surface area (Å²) in [5, 5.41) is 1.83. The van der Waals surface area contributed by atoms with E-state index in [1.807, 2.05) is 41.1 Å². The van der Waals surface area contributed by atoms with Crippen molar-refractivity contribution in [3.05, 3.63) is 65.7 Å². The number of unbranched alkanes of at least 4 members (excludes halogenated alkanes) is 1. The van der Waals surface area contributed by atoms with Gasteiger partial charge < -0.3 is 4.57 Å². The van der Waals surface area contributed by atoms with E-state index in [4.69, 9.17) is 0 Å². The van der Waals surface area contributed by atoms with Gasteiger partial charge in [0.05, 0.1) is 6.33 Å². The second kappa shape index (κ2) is 6.75. The molecular formula is C21H21N3O2. The average molecular weight is 347 g/mol. The highest BCUT2D eigenvalue weighted by atomic mass is 16.2. The Kier molecular flexibility index (Phi) is 4.29. The molecule has 1 aliphatic rings. The highest BCUT2D eigenvalue weighted by Crippen LogP contribution is 2.32. The Bertz CT molecular complexity index is 954. The number of hydrogen-bond donors (Lipinski definition) is 0. The first-order valence-corrected chi connectivity index (χ1v) is 9.07. The Labute approximate surface area is 152 Å². The standard InChI is InChI=1S/C21H21N3O2/c1-2-15-8-9-18-19-16(15)6-5-7-17(19)20(25)24(21(18)26)12-4-3-11-23-13-10-22-14-23/h5-10,13-14H,2-4,11-12H2,1H3. The van der Waals surface area contributed by atoms with Crippen LogP contribution in [0.25, 0.3) is 10.8 Å². The molecule has 5 nitrogen and oxygen atoms in total. The molecule has 3 aromatic rings. The fourth-order valence-electron chi connectivity index (χ4n) is 3.70. The monoisotopic (exact) mass is 347 g/mol. The molecule has 0 radical (unpaired) electrons. The maximum atomic E-state index is 12.9. The average Bonchev–Trinajstić information content (AvgIpc) is 3.18. The molecule has 4 rings (SSSR count). The van der Waals surface area contributed by atoms with Crippen LogP contribution >= 0.6 is 0 Å². The molecule has 1 aromatic heterocycles. The second-order valence-electron chi connectivity index (χ2n) is 6.62. The van der Waals surface area contributed by atoms with Crippen molar-refractivity contribution in [2.75, 3.05) is 6.54 Å². The van der Waals surface area contributed by atoms with Gasteiger partial charge in [0.25, 0.3) is 11.8 Å². The first-order chi connectivity index (χ1) is 12.7. The number of imide groups is 1. The van der Waals surface area contributed by atoms with Gasteiger partial charge in [-0.2, -0.15) is 0 Å². The minimum absolute atomic E-state index is 0.177. The quantitative estimate of drug-likeness (QED) is 0.505. The van der Waals surface area contributed by atoms with E-state index in [0.29, 0.717) is 17.7 Å². The van der Waals surface area contributed by atoms with E-state index in [0.717, 1.165) is 36.6 Å². The van der Waals surface area contributed by atoms with E-state index in [1.165, 1.54) is 10.5 Å². The summed E-state index contributed by atoms with van der Waals surface area (Å²) in [6, 6.07) is 9.62. The number of nitrogens with zero attached hydrogens (tertiary/aromatic N) is 3. The number of hydrogen-bond acceptors (Lipinski definition) is 3. The van der Waals surface area contributed by atoms with E-state index in [-0.39, 0.29) is 11.8 Å². The fraction of sp³-hybridized carbons (Fsp3) is 0.286. The molecule has 0 aliphatic carbocycles. The zero-order chi connectivity index (χ0) is 18.1. The van der Waals surface area contributed by atoms with Gasteiger partial charge in [0, 0.05) is 42.0 Å². The Balaban J connectivity index is 1.58. The van der Waals surface area contributed by atoms with Crippen LogP contribution in [0.1, 0.15) is 46.0 Å². The number of imidazole rings is 1. The van der Waals surface area contributed by atoms with Crippen LogP contribution in [0.2, 0.25) is 0 Å². The maximum absolute atomic E-state index is 12.9. The van der Waals surface area contributed by atoms with Gasteiger partial charge in [-0.15, -0.1) is 0 Å². The lowest BCUT2D eigenvalue weighted by atomic mass is 9.90. The van der Waals surface area contributed by atoms with Gasteiger partial charge >= 0.3 is 0 Å². The number of rotatable bonds is 6. The number of benzene rings is 2. The number of carbonyl (C=O) groups excluding carboxylic acids is 2. The molecule has 1 aliphatic heterocycles. The third-order valence-corrected chi connectivity index (χ3v) is 5.07. The van der Waals surface area contributed by atoms with Crippen LogP contribution in [0.4, 0.5) is 0 Å². The Morgan fingerprint density at radius 3 is 2.46 bits per heavy atom. The van der Waals surface area contributed by atoms with Crippen molar-refractivity contribution in [2.24, 2.45) is 0 Å². The third kappa shape index (κ3) is 2.69. The highest BCUT2D eigenvalue weighted by molar-refractivity contribution is 6.25. The lowest BCUT2D eigenvalue weighted by molar-refractivity contribution is 0.0607. The molecule has 2 amide bonds. The lowest BCUT2D eigenvalue weighted by Gasteiger charge is -2.27. The Hall–Kier alpha value is -2.95. The van der Waals surface area contributed by atoms with Crippen LogP contribution < -0.4 is 0 Å². The molecule has 0 fully saturated rings. The smallest absolute Gasteiger partial charge is 0.261 e. The molecule has 0 spiro atoms. The van der Waals surface area contributed by atoms with Crippen molar-refractivity contribution in [2.45, 2.75) is 32.7 Å². The number of aromatic nitrogens is 2. The van der Waals surface area contributed by atoms with Crippen LogP contribution in [0.5, 0.6) is 0 Å².